The molecule has 0 radical (unpaired) electrons. The highest BCUT2D eigenvalue weighted by Gasteiger charge is 2.31. The number of carbonyl (C=O) groups excluding carboxylic acids is 1. The van der Waals surface area contributed by atoms with Gasteiger partial charge in [-0.25, -0.2) is 4.98 Å². The summed E-state index contributed by atoms with van der Waals surface area (Å²) in [5.41, 5.74) is 1.32. The average Bonchev–Trinajstić information content (AvgIpc) is 3.09. The SMILES string of the molecule is CCOc1ncccc1C(=O)N1CCOC[C@H]1c1ccn[nH]1. The van der Waals surface area contributed by atoms with E-state index in [1.807, 2.05) is 13.0 Å². The fraction of sp³-hybridized carbons (Fsp3) is 0.400. The van der Waals surface area contributed by atoms with Crippen LogP contribution >= 0.6 is 0 Å². The van der Waals surface area contributed by atoms with E-state index in [1.54, 1.807) is 29.4 Å². The van der Waals surface area contributed by atoms with Crippen LogP contribution in [0.4, 0.5) is 0 Å². The van der Waals surface area contributed by atoms with E-state index in [2.05, 4.69) is 15.2 Å². The van der Waals surface area contributed by atoms with Gasteiger partial charge in [0.2, 0.25) is 5.88 Å². The van der Waals surface area contributed by atoms with Crippen molar-refractivity contribution < 1.29 is 14.3 Å². The van der Waals surface area contributed by atoms with Crippen LogP contribution in [0.1, 0.15) is 29.0 Å². The largest absolute Gasteiger partial charge is 0.477 e. The van der Waals surface area contributed by atoms with Gasteiger partial charge in [-0.2, -0.15) is 5.10 Å². The number of aromatic amines is 1. The quantitative estimate of drug-likeness (QED) is 0.924. The Hall–Kier alpha value is -2.41. The van der Waals surface area contributed by atoms with Crippen LogP contribution in [0.2, 0.25) is 0 Å². The summed E-state index contributed by atoms with van der Waals surface area (Å²) in [6, 6.07) is 5.14. The third-order valence-corrected chi connectivity index (χ3v) is 3.55. The normalized spacial score (nSPS) is 18.2. The Morgan fingerprint density at radius 2 is 2.41 bits per heavy atom. The number of nitrogens with zero attached hydrogens (tertiary/aromatic N) is 3. The van der Waals surface area contributed by atoms with E-state index in [9.17, 15) is 4.79 Å². The smallest absolute Gasteiger partial charge is 0.260 e. The summed E-state index contributed by atoms with van der Waals surface area (Å²) in [6.07, 6.45) is 3.29. The van der Waals surface area contributed by atoms with Gasteiger partial charge in [-0.05, 0) is 25.1 Å². The van der Waals surface area contributed by atoms with Gasteiger partial charge in [0.05, 0.1) is 31.6 Å². The lowest BCUT2D eigenvalue weighted by atomic mass is 10.1. The van der Waals surface area contributed by atoms with Crippen LogP contribution in [0.3, 0.4) is 0 Å². The van der Waals surface area contributed by atoms with Gasteiger partial charge < -0.3 is 14.4 Å². The molecule has 0 spiro atoms. The van der Waals surface area contributed by atoms with Gasteiger partial charge in [-0.3, -0.25) is 9.89 Å². The second-order valence-corrected chi connectivity index (χ2v) is 4.89. The summed E-state index contributed by atoms with van der Waals surface area (Å²) in [7, 11) is 0. The van der Waals surface area contributed by atoms with Gasteiger partial charge in [0.25, 0.3) is 5.91 Å². The van der Waals surface area contributed by atoms with Crippen molar-refractivity contribution in [1.29, 1.82) is 0 Å². The monoisotopic (exact) mass is 302 g/mol. The fourth-order valence-electron chi connectivity index (χ4n) is 2.52. The third kappa shape index (κ3) is 2.80. The topological polar surface area (TPSA) is 80.3 Å². The van der Waals surface area contributed by atoms with Crippen molar-refractivity contribution in [2.45, 2.75) is 13.0 Å². The molecule has 0 aromatic carbocycles. The maximum absolute atomic E-state index is 12.9. The van der Waals surface area contributed by atoms with E-state index < -0.39 is 0 Å². The molecule has 7 heteroatoms. The van der Waals surface area contributed by atoms with E-state index in [4.69, 9.17) is 9.47 Å². The summed E-state index contributed by atoms with van der Waals surface area (Å²) < 4.78 is 11.0. The van der Waals surface area contributed by atoms with Crippen molar-refractivity contribution >= 4 is 5.91 Å². The Balaban J connectivity index is 1.89. The van der Waals surface area contributed by atoms with Crippen LogP contribution < -0.4 is 4.74 Å². The number of aromatic nitrogens is 3. The molecule has 116 valence electrons. The first-order valence-electron chi connectivity index (χ1n) is 7.27. The second-order valence-electron chi connectivity index (χ2n) is 4.89. The van der Waals surface area contributed by atoms with Gasteiger partial charge in [0.15, 0.2) is 0 Å². The molecule has 22 heavy (non-hydrogen) atoms. The first-order valence-corrected chi connectivity index (χ1v) is 7.27. The first-order chi connectivity index (χ1) is 10.8. The summed E-state index contributed by atoms with van der Waals surface area (Å²) in [5.74, 6) is 0.254. The predicted octanol–water partition coefficient (Wildman–Crippen LogP) is 1.42. The summed E-state index contributed by atoms with van der Waals surface area (Å²) in [5, 5.41) is 6.87. The second kappa shape index (κ2) is 6.57. The van der Waals surface area contributed by atoms with E-state index in [0.717, 1.165) is 5.69 Å². The molecular weight excluding hydrogens is 284 g/mol. The van der Waals surface area contributed by atoms with Crippen molar-refractivity contribution in [2.24, 2.45) is 0 Å². The minimum absolute atomic E-state index is 0.112. The summed E-state index contributed by atoms with van der Waals surface area (Å²) >= 11 is 0. The van der Waals surface area contributed by atoms with Gasteiger partial charge in [0, 0.05) is 18.9 Å². The molecule has 3 rings (SSSR count). The number of carbonyl (C=O) groups is 1. The van der Waals surface area contributed by atoms with Gasteiger partial charge in [-0.1, -0.05) is 0 Å². The van der Waals surface area contributed by atoms with Crippen LogP contribution in [0.15, 0.2) is 30.6 Å². The number of morpholine rings is 1. The zero-order valence-electron chi connectivity index (χ0n) is 12.4. The lowest BCUT2D eigenvalue weighted by Gasteiger charge is -2.35. The summed E-state index contributed by atoms with van der Waals surface area (Å²) in [4.78, 5) is 18.8. The van der Waals surface area contributed by atoms with Gasteiger partial charge in [0.1, 0.15) is 5.56 Å². The fourth-order valence-corrected chi connectivity index (χ4v) is 2.52. The molecule has 0 aliphatic carbocycles. The van der Waals surface area contributed by atoms with E-state index in [1.165, 1.54) is 0 Å². The molecule has 1 fully saturated rings. The number of H-pyrrole nitrogens is 1. The maximum atomic E-state index is 12.9. The highest BCUT2D eigenvalue weighted by atomic mass is 16.5. The van der Waals surface area contributed by atoms with Crippen LogP contribution in [-0.2, 0) is 4.74 Å². The van der Waals surface area contributed by atoms with Crippen molar-refractivity contribution in [3.05, 3.63) is 41.9 Å². The molecule has 0 saturated carbocycles. The molecule has 1 N–H and O–H groups in total. The highest BCUT2D eigenvalue weighted by molar-refractivity contribution is 5.96. The Morgan fingerprint density at radius 1 is 1.50 bits per heavy atom. The average molecular weight is 302 g/mol. The van der Waals surface area contributed by atoms with E-state index in [-0.39, 0.29) is 11.9 Å². The van der Waals surface area contributed by atoms with Crippen LogP contribution in [0.25, 0.3) is 0 Å². The molecule has 1 aliphatic heterocycles. The highest BCUT2D eigenvalue weighted by Crippen LogP contribution is 2.26. The van der Waals surface area contributed by atoms with Gasteiger partial charge >= 0.3 is 0 Å². The Morgan fingerprint density at radius 3 is 3.18 bits per heavy atom. The lowest BCUT2D eigenvalue weighted by molar-refractivity contribution is -0.00412. The zero-order chi connectivity index (χ0) is 15.4. The molecule has 1 aliphatic rings. The minimum Gasteiger partial charge on any atom is -0.477 e. The van der Waals surface area contributed by atoms with Crippen LogP contribution in [0.5, 0.6) is 5.88 Å². The molecule has 3 heterocycles. The standard InChI is InChI=1S/C15H18N4O3/c1-2-22-14-11(4-3-6-16-14)15(20)19-8-9-21-10-13(19)12-5-7-17-18-12/h3-7,13H,2,8-10H2,1H3,(H,17,18)/t13-/m0/s1. The molecular formula is C15H18N4O3. The molecule has 1 amide bonds. The van der Waals surface area contributed by atoms with Gasteiger partial charge in [-0.15, -0.1) is 0 Å². The molecule has 7 nitrogen and oxygen atoms in total. The Bertz CT molecular complexity index is 629. The molecule has 1 saturated heterocycles. The molecule has 1 atom stereocenters. The van der Waals surface area contributed by atoms with E-state index in [0.29, 0.717) is 37.8 Å². The van der Waals surface area contributed by atoms with Crippen LogP contribution in [0, 0.1) is 0 Å². The number of amides is 1. The van der Waals surface area contributed by atoms with Crippen LogP contribution in [-0.4, -0.2) is 52.4 Å². The lowest BCUT2D eigenvalue weighted by Crippen LogP contribution is -2.43. The molecule has 2 aromatic rings. The number of rotatable bonds is 4. The number of hydrogen-bond acceptors (Lipinski definition) is 5. The van der Waals surface area contributed by atoms with Crippen molar-refractivity contribution in [3.8, 4) is 5.88 Å². The van der Waals surface area contributed by atoms with Crippen molar-refractivity contribution in [2.75, 3.05) is 26.4 Å². The molecule has 0 unspecified atom stereocenters. The van der Waals surface area contributed by atoms with Crippen molar-refractivity contribution in [3.63, 3.8) is 0 Å². The zero-order valence-corrected chi connectivity index (χ0v) is 12.4. The third-order valence-electron chi connectivity index (χ3n) is 3.55. The summed E-state index contributed by atoms with van der Waals surface area (Å²) in [6.45, 7) is 3.80. The number of nitrogens with one attached hydrogen (secondary N) is 1. The first kappa shape index (κ1) is 14.5. The molecule has 2 aromatic heterocycles. The number of ether oxygens (including phenoxy) is 2. The van der Waals surface area contributed by atoms with E-state index >= 15 is 0 Å². The number of pyridine rings is 1. The Labute approximate surface area is 128 Å². The Kier molecular flexibility index (Phi) is 4.34. The molecule has 0 bridgehead atoms. The minimum atomic E-state index is -0.182. The predicted molar refractivity (Wildman–Crippen MR) is 78.6 cm³/mol. The number of hydrogen-bond donors (Lipinski definition) is 1. The maximum Gasteiger partial charge on any atom is 0.260 e. The van der Waals surface area contributed by atoms with Crippen molar-refractivity contribution in [1.82, 2.24) is 20.1 Å².